The second-order valence-corrected chi connectivity index (χ2v) is 7.61. The molecule has 0 atom stereocenters. The second kappa shape index (κ2) is 6.74. The number of benzene rings is 1. The predicted molar refractivity (Wildman–Crippen MR) is 89.1 cm³/mol. The fraction of sp³-hybridized carbons (Fsp3) is 0.312. The summed E-state index contributed by atoms with van der Waals surface area (Å²) in [6, 6.07) is 12.4. The topological polar surface area (TPSA) is 24.9 Å². The van der Waals surface area contributed by atoms with Gasteiger partial charge in [0.15, 0.2) is 0 Å². The molecule has 2 nitrogen and oxygen atoms in total. The lowest BCUT2D eigenvalue weighted by Gasteiger charge is -2.21. The summed E-state index contributed by atoms with van der Waals surface area (Å²) in [7, 11) is 0. The molecule has 0 aliphatic heterocycles. The van der Waals surface area contributed by atoms with E-state index in [4.69, 9.17) is 0 Å². The van der Waals surface area contributed by atoms with Crippen LogP contribution in [0.3, 0.4) is 0 Å². The average Bonchev–Trinajstić information content (AvgIpc) is 2.37. The van der Waals surface area contributed by atoms with Gasteiger partial charge in [-0.05, 0) is 50.6 Å². The monoisotopic (exact) mass is 350 g/mol. The van der Waals surface area contributed by atoms with Crippen molar-refractivity contribution < 1.29 is 0 Å². The number of halogens is 1. The third-order valence-corrected chi connectivity index (χ3v) is 4.21. The molecule has 0 aliphatic carbocycles. The molecule has 4 heteroatoms. The quantitative estimate of drug-likeness (QED) is 0.850. The minimum absolute atomic E-state index is 0.105. The number of nitrogens with one attached hydrogen (secondary N) is 1. The molecule has 1 aromatic carbocycles. The van der Waals surface area contributed by atoms with Gasteiger partial charge in [0.25, 0.3) is 0 Å². The van der Waals surface area contributed by atoms with Gasteiger partial charge in [-0.3, -0.25) is 0 Å². The molecule has 0 fully saturated rings. The van der Waals surface area contributed by atoms with E-state index in [0.717, 1.165) is 16.0 Å². The molecule has 2 rings (SSSR count). The van der Waals surface area contributed by atoms with Crippen LogP contribution in [0.5, 0.6) is 0 Å². The summed E-state index contributed by atoms with van der Waals surface area (Å²) in [5.41, 5.74) is 1.33. The first-order valence-corrected chi connectivity index (χ1v) is 8.17. The van der Waals surface area contributed by atoms with Crippen molar-refractivity contribution in [3.63, 3.8) is 0 Å². The van der Waals surface area contributed by atoms with Crippen LogP contribution in [0, 0.1) is 0 Å². The van der Waals surface area contributed by atoms with Crippen molar-refractivity contribution in [2.75, 3.05) is 0 Å². The predicted octanol–water partition coefficient (Wildman–Crippen LogP) is 4.88. The highest BCUT2D eigenvalue weighted by molar-refractivity contribution is 9.10. The number of hydrogen-bond acceptors (Lipinski definition) is 3. The molecule has 0 radical (unpaired) electrons. The summed E-state index contributed by atoms with van der Waals surface area (Å²) in [4.78, 5) is 5.70. The lowest BCUT2D eigenvalue weighted by molar-refractivity contribution is 0.422. The number of rotatable bonds is 4. The molecule has 0 amide bonds. The van der Waals surface area contributed by atoms with E-state index in [1.54, 1.807) is 11.8 Å². The molecule has 0 bridgehead atoms. The van der Waals surface area contributed by atoms with Crippen molar-refractivity contribution in [3.8, 4) is 0 Å². The van der Waals surface area contributed by atoms with Crippen LogP contribution in [0.1, 0.15) is 26.3 Å². The van der Waals surface area contributed by atoms with Crippen LogP contribution in [-0.4, -0.2) is 10.5 Å². The molecular formula is C16H19BrN2S. The summed E-state index contributed by atoms with van der Waals surface area (Å²) in [6.07, 6.45) is 1.85. The molecule has 0 unspecified atom stereocenters. The Morgan fingerprint density at radius 3 is 2.70 bits per heavy atom. The lowest BCUT2D eigenvalue weighted by atomic mass is 10.1. The van der Waals surface area contributed by atoms with Crippen LogP contribution in [-0.2, 0) is 6.54 Å². The Bertz CT molecular complexity index is 579. The third-order valence-electron chi connectivity index (χ3n) is 2.67. The largest absolute Gasteiger partial charge is 0.308 e. The van der Waals surface area contributed by atoms with Gasteiger partial charge in [0, 0.05) is 27.6 Å². The van der Waals surface area contributed by atoms with Crippen LogP contribution in [0.2, 0.25) is 0 Å². The summed E-state index contributed by atoms with van der Waals surface area (Å²) in [5, 5.41) is 4.57. The maximum Gasteiger partial charge on any atom is 0.105 e. The minimum Gasteiger partial charge on any atom is -0.308 e. The van der Waals surface area contributed by atoms with Gasteiger partial charge in [-0.1, -0.05) is 39.8 Å². The molecule has 1 heterocycles. The van der Waals surface area contributed by atoms with Crippen molar-refractivity contribution in [1.82, 2.24) is 10.3 Å². The van der Waals surface area contributed by atoms with Gasteiger partial charge < -0.3 is 5.32 Å². The fourth-order valence-corrected chi connectivity index (χ4v) is 3.14. The Kier molecular flexibility index (Phi) is 5.24. The van der Waals surface area contributed by atoms with Gasteiger partial charge in [-0.25, -0.2) is 4.98 Å². The zero-order valence-electron chi connectivity index (χ0n) is 12.0. The number of aromatic nitrogens is 1. The fourth-order valence-electron chi connectivity index (χ4n) is 1.65. The summed E-state index contributed by atoms with van der Waals surface area (Å²) >= 11 is 5.20. The number of pyridine rings is 1. The minimum atomic E-state index is 0.105. The molecule has 0 spiro atoms. The Labute approximate surface area is 133 Å². The van der Waals surface area contributed by atoms with Gasteiger partial charge in [0.05, 0.1) is 0 Å². The van der Waals surface area contributed by atoms with E-state index in [-0.39, 0.29) is 5.54 Å². The first-order chi connectivity index (χ1) is 9.44. The second-order valence-electron chi connectivity index (χ2n) is 5.63. The van der Waals surface area contributed by atoms with Crippen molar-refractivity contribution >= 4 is 27.7 Å². The van der Waals surface area contributed by atoms with Crippen molar-refractivity contribution in [2.45, 2.75) is 42.8 Å². The van der Waals surface area contributed by atoms with Crippen molar-refractivity contribution in [3.05, 3.63) is 52.6 Å². The third kappa shape index (κ3) is 4.93. The number of nitrogens with zero attached hydrogens (tertiary/aromatic N) is 1. The molecule has 1 N–H and O–H groups in total. The highest BCUT2D eigenvalue weighted by Gasteiger charge is 2.11. The Hall–Kier alpha value is -0.840. The molecule has 0 saturated heterocycles. The van der Waals surface area contributed by atoms with E-state index < -0.39 is 0 Å². The smallest absolute Gasteiger partial charge is 0.105 e. The first kappa shape index (κ1) is 15.5. The SMILES string of the molecule is CC(C)(C)NCc1cccnc1Sc1cccc(Br)c1. The standard InChI is InChI=1S/C16H19BrN2S/c1-16(2,3)19-11-12-6-5-9-18-15(12)20-14-8-4-7-13(17)10-14/h4-10,19H,11H2,1-3H3. The zero-order chi connectivity index (χ0) is 14.6. The summed E-state index contributed by atoms with van der Waals surface area (Å²) in [5.74, 6) is 0. The maximum atomic E-state index is 4.51. The highest BCUT2D eigenvalue weighted by Crippen LogP contribution is 2.30. The molecule has 0 saturated carbocycles. The van der Waals surface area contributed by atoms with Gasteiger partial charge in [0.1, 0.15) is 5.03 Å². The van der Waals surface area contributed by atoms with Crippen molar-refractivity contribution in [1.29, 1.82) is 0 Å². The van der Waals surface area contributed by atoms with Crippen LogP contribution in [0.15, 0.2) is 57.0 Å². The average molecular weight is 351 g/mol. The number of hydrogen-bond donors (Lipinski definition) is 1. The van der Waals surface area contributed by atoms with Gasteiger partial charge in [0.2, 0.25) is 0 Å². The van der Waals surface area contributed by atoms with E-state index in [0.29, 0.717) is 0 Å². The Morgan fingerprint density at radius 2 is 2.00 bits per heavy atom. The highest BCUT2D eigenvalue weighted by atomic mass is 79.9. The van der Waals surface area contributed by atoms with E-state index in [1.807, 2.05) is 24.4 Å². The van der Waals surface area contributed by atoms with E-state index in [1.165, 1.54) is 10.5 Å². The van der Waals surface area contributed by atoms with Crippen LogP contribution >= 0.6 is 27.7 Å². The summed E-state index contributed by atoms with van der Waals surface area (Å²) in [6.45, 7) is 7.34. The van der Waals surface area contributed by atoms with Gasteiger partial charge in [-0.2, -0.15) is 0 Å². The van der Waals surface area contributed by atoms with Crippen LogP contribution in [0.25, 0.3) is 0 Å². The lowest BCUT2D eigenvalue weighted by Crippen LogP contribution is -2.35. The molecule has 20 heavy (non-hydrogen) atoms. The molecule has 106 valence electrons. The van der Waals surface area contributed by atoms with Crippen molar-refractivity contribution in [2.24, 2.45) is 0 Å². The molecular weight excluding hydrogens is 332 g/mol. The normalized spacial score (nSPS) is 11.6. The van der Waals surface area contributed by atoms with E-state index in [9.17, 15) is 0 Å². The molecule has 2 aromatic rings. The summed E-state index contributed by atoms with van der Waals surface area (Å²) < 4.78 is 1.09. The van der Waals surface area contributed by atoms with Gasteiger partial charge >= 0.3 is 0 Å². The first-order valence-electron chi connectivity index (χ1n) is 6.56. The Morgan fingerprint density at radius 1 is 1.20 bits per heavy atom. The van der Waals surface area contributed by atoms with E-state index in [2.05, 4.69) is 65.2 Å². The van der Waals surface area contributed by atoms with E-state index >= 15 is 0 Å². The zero-order valence-corrected chi connectivity index (χ0v) is 14.4. The van der Waals surface area contributed by atoms with Crippen LogP contribution in [0.4, 0.5) is 0 Å². The maximum absolute atomic E-state index is 4.51. The molecule has 0 aliphatic rings. The van der Waals surface area contributed by atoms with Gasteiger partial charge in [-0.15, -0.1) is 0 Å². The van der Waals surface area contributed by atoms with Crippen LogP contribution < -0.4 is 5.32 Å². The Balaban J connectivity index is 2.15. The molecule has 1 aromatic heterocycles.